The van der Waals surface area contributed by atoms with Crippen molar-refractivity contribution in [2.24, 2.45) is 0 Å². The van der Waals surface area contributed by atoms with E-state index in [1.165, 1.54) is 24.3 Å². The van der Waals surface area contributed by atoms with E-state index in [9.17, 15) is 10.0 Å². The summed E-state index contributed by atoms with van der Waals surface area (Å²) in [7, 11) is 0. The quantitative estimate of drug-likeness (QED) is 0.679. The Morgan fingerprint density at radius 1 is 1.25 bits per heavy atom. The van der Waals surface area contributed by atoms with E-state index in [0.717, 1.165) is 32.1 Å². The molecule has 0 aromatic rings. The van der Waals surface area contributed by atoms with Crippen molar-refractivity contribution in [2.45, 2.75) is 70.8 Å². The van der Waals surface area contributed by atoms with E-state index >= 15 is 0 Å². The van der Waals surface area contributed by atoms with Crippen molar-refractivity contribution in [3.8, 4) is 0 Å². The van der Waals surface area contributed by atoms with E-state index in [4.69, 9.17) is 0 Å². The number of rotatable bonds is 7. The smallest absolute Gasteiger partial charge is 0.152 e. The molecule has 0 aromatic heterocycles. The van der Waals surface area contributed by atoms with Crippen molar-refractivity contribution in [1.29, 1.82) is 0 Å². The van der Waals surface area contributed by atoms with Crippen LogP contribution in [0.5, 0.6) is 0 Å². The Hall–Kier alpha value is -0.410. The standard InChI is InChI=1S/C13H25NO2/c1-2-3-4-5-6-10-13(15)12-9-7-8-11-14(12)16/h12,16H,2-11H2,1H3. The molecule has 1 N–H and O–H groups in total. The molecule has 3 nitrogen and oxygen atoms in total. The number of nitrogens with zero attached hydrogens (tertiary/aromatic N) is 1. The minimum atomic E-state index is -0.208. The minimum Gasteiger partial charge on any atom is -0.313 e. The number of piperidine rings is 1. The molecule has 1 saturated heterocycles. The van der Waals surface area contributed by atoms with E-state index in [-0.39, 0.29) is 11.8 Å². The van der Waals surface area contributed by atoms with Crippen LogP contribution in [-0.2, 0) is 4.79 Å². The fraction of sp³-hybridized carbons (Fsp3) is 0.923. The van der Waals surface area contributed by atoms with Gasteiger partial charge in [-0.05, 0) is 25.7 Å². The molecule has 0 saturated carbocycles. The van der Waals surface area contributed by atoms with Crippen LogP contribution in [0.25, 0.3) is 0 Å². The Morgan fingerprint density at radius 2 is 2.00 bits per heavy atom. The zero-order valence-corrected chi connectivity index (χ0v) is 10.5. The lowest BCUT2D eigenvalue weighted by molar-refractivity contribution is -0.161. The maximum atomic E-state index is 11.8. The molecule has 1 atom stereocenters. The zero-order chi connectivity index (χ0) is 11.8. The largest absolute Gasteiger partial charge is 0.313 e. The molecule has 1 unspecified atom stereocenters. The van der Waals surface area contributed by atoms with Gasteiger partial charge in [-0.1, -0.05) is 32.6 Å². The van der Waals surface area contributed by atoms with E-state index < -0.39 is 0 Å². The molecule has 1 aliphatic heterocycles. The SMILES string of the molecule is CCCCCCCC(=O)C1CCCCN1O. The molecule has 0 spiro atoms. The van der Waals surface area contributed by atoms with Crippen LogP contribution in [0.2, 0.25) is 0 Å². The third-order valence-electron chi connectivity index (χ3n) is 3.37. The van der Waals surface area contributed by atoms with Gasteiger partial charge < -0.3 is 5.21 Å². The Labute approximate surface area is 98.8 Å². The van der Waals surface area contributed by atoms with Gasteiger partial charge in [-0.25, -0.2) is 0 Å². The van der Waals surface area contributed by atoms with Crippen LogP contribution in [0, 0.1) is 0 Å². The van der Waals surface area contributed by atoms with E-state index in [1.807, 2.05) is 0 Å². The fourth-order valence-corrected chi connectivity index (χ4v) is 2.31. The molecule has 94 valence electrons. The Morgan fingerprint density at radius 3 is 2.69 bits per heavy atom. The molecule has 1 aliphatic rings. The maximum Gasteiger partial charge on any atom is 0.152 e. The molecule has 1 heterocycles. The number of carbonyl (C=O) groups is 1. The highest BCUT2D eigenvalue weighted by Crippen LogP contribution is 2.18. The number of hydrogen-bond donors (Lipinski definition) is 1. The van der Waals surface area contributed by atoms with E-state index in [1.54, 1.807) is 0 Å². The second-order valence-electron chi connectivity index (χ2n) is 4.81. The van der Waals surface area contributed by atoms with Crippen molar-refractivity contribution >= 4 is 5.78 Å². The Kier molecular flexibility index (Phi) is 6.65. The van der Waals surface area contributed by atoms with E-state index in [0.29, 0.717) is 13.0 Å². The van der Waals surface area contributed by atoms with Crippen LogP contribution in [0.3, 0.4) is 0 Å². The second kappa shape index (κ2) is 7.80. The summed E-state index contributed by atoms with van der Waals surface area (Å²) in [4.78, 5) is 11.8. The average Bonchev–Trinajstić information content (AvgIpc) is 2.29. The first-order chi connectivity index (χ1) is 7.75. The summed E-state index contributed by atoms with van der Waals surface area (Å²) in [6.45, 7) is 2.85. The van der Waals surface area contributed by atoms with Crippen LogP contribution in [0.15, 0.2) is 0 Å². The molecule has 16 heavy (non-hydrogen) atoms. The van der Waals surface area contributed by atoms with Gasteiger partial charge in [-0.15, -0.1) is 0 Å². The van der Waals surface area contributed by atoms with Gasteiger partial charge in [-0.2, -0.15) is 5.06 Å². The number of hydroxylamine groups is 2. The summed E-state index contributed by atoms with van der Waals surface area (Å²) in [6, 6.07) is -0.208. The predicted molar refractivity (Wildman–Crippen MR) is 64.5 cm³/mol. The summed E-state index contributed by atoms with van der Waals surface area (Å²) >= 11 is 0. The molecule has 0 bridgehead atoms. The lowest BCUT2D eigenvalue weighted by Crippen LogP contribution is -2.42. The second-order valence-corrected chi connectivity index (χ2v) is 4.81. The molecular weight excluding hydrogens is 202 g/mol. The molecule has 3 heteroatoms. The van der Waals surface area contributed by atoms with Crippen molar-refractivity contribution in [3.05, 3.63) is 0 Å². The van der Waals surface area contributed by atoms with Crippen LogP contribution in [-0.4, -0.2) is 28.6 Å². The van der Waals surface area contributed by atoms with Gasteiger partial charge in [0.25, 0.3) is 0 Å². The highest BCUT2D eigenvalue weighted by atomic mass is 16.5. The first-order valence-electron chi connectivity index (χ1n) is 6.74. The number of hydrogen-bond acceptors (Lipinski definition) is 3. The fourth-order valence-electron chi connectivity index (χ4n) is 2.31. The topological polar surface area (TPSA) is 40.5 Å². The highest BCUT2D eigenvalue weighted by Gasteiger charge is 2.26. The summed E-state index contributed by atoms with van der Waals surface area (Å²) < 4.78 is 0. The van der Waals surface area contributed by atoms with Gasteiger partial charge in [0.2, 0.25) is 0 Å². The van der Waals surface area contributed by atoms with Gasteiger partial charge in [0.1, 0.15) is 0 Å². The summed E-state index contributed by atoms with van der Waals surface area (Å²) in [5, 5.41) is 10.8. The molecule has 1 rings (SSSR count). The first kappa shape index (κ1) is 13.7. The summed E-state index contributed by atoms with van der Waals surface area (Å²) in [5.41, 5.74) is 0. The molecule has 0 radical (unpaired) electrons. The summed E-state index contributed by atoms with van der Waals surface area (Å²) in [6.07, 6.45) is 9.44. The van der Waals surface area contributed by atoms with Crippen molar-refractivity contribution in [2.75, 3.05) is 6.54 Å². The number of Topliss-reactive ketones (excluding diaryl/α,β-unsaturated/α-hetero) is 1. The molecule has 0 amide bonds. The van der Waals surface area contributed by atoms with E-state index in [2.05, 4.69) is 6.92 Å². The van der Waals surface area contributed by atoms with Gasteiger partial charge in [0.05, 0.1) is 6.04 Å². The third-order valence-corrected chi connectivity index (χ3v) is 3.37. The predicted octanol–water partition coefficient (Wildman–Crippen LogP) is 3.16. The number of carbonyl (C=O) groups excluding carboxylic acids is 1. The summed E-state index contributed by atoms with van der Waals surface area (Å²) in [5.74, 6) is 0.235. The van der Waals surface area contributed by atoms with Gasteiger partial charge in [0, 0.05) is 13.0 Å². The van der Waals surface area contributed by atoms with Gasteiger partial charge in [0.15, 0.2) is 5.78 Å². The molecule has 0 aromatic carbocycles. The zero-order valence-electron chi connectivity index (χ0n) is 10.5. The minimum absolute atomic E-state index is 0.208. The van der Waals surface area contributed by atoms with Crippen LogP contribution >= 0.6 is 0 Å². The van der Waals surface area contributed by atoms with Crippen LogP contribution in [0.4, 0.5) is 0 Å². The Balaban J connectivity index is 2.13. The normalized spacial score (nSPS) is 22.2. The van der Waals surface area contributed by atoms with Gasteiger partial charge in [-0.3, -0.25) is 4.79 Å². The monoisotopic (exact) mass is 227 g/mol. The number of unbranched alkanes of at least 4 members (excludes halogenated alkanes) is 4. The van der Waals surface area contributed by atoms with Crippen molar-refractivity contribution in [1.82, 2.24) is 5.06 Å². The van der Waals surface area contributed by atoms with Gasteiger partial charge >= 0.3 is 0 Å². The average molecular weight is 227 g/mol. The van der Waals surface area contributed by atoms with Crippen LogP contribution in [0.1, 0.15) is 64.7 Å². The highest BCUT2D eigenvalue weighted by molar-refractivity contribution is 5.83. The first-order valence-corrected chi connectivity index (χ1v) is 6.74. The number of ketones is 1. The molecular formula is C13H25NO2. The van der Waals surface area contributed by atoms with Crippen molar-refractivity contribution in [3.63, 3.8) is 0 Å². The molecule has 0 aliphatic carbocycles. The lowest BCUT2D eigenvalue weighted by Gasteiger charge is -2.29. The molecule has 1 fully saturated rings. The third kappa shape index (κ3) is 4.62. The lowest BCUT2D eigenvalue weighted by atomic mass is 9.97. The Bertz CT molecular complexity index is 206. The van der Waals surface area contributed by atoms with Crippen molar-refractivity contribution < 1.29 is 10.0 Å². The maximum absolute atomic E-state index is 11.8. The van der Waals surface area contributed by atoms with Crippen LogP contribution < -0.4 is 0 Å².